The second-order valence-corrected chi connectivity index (χ2v) is 3.78. The van der Waals surface area contributed by atoms with Gasteiger partial charge >= 0.3 is 0 Å². The summed E-state index contributed by atoms with van der Waals surface area (Å²) >= 11 is 0. The van der Waals surface area contributed by atoms with Gasteiger partial charge in [-0.15, -0.1) is 5.10 Å². The maximum absolute atomic E-state index is 5.59. The Bertz CT molecular complexity index is 332. The molecule has 1 unspecified atom stereocenters. The van der Waals surface area contributed by atoms with Gasteiger partial charge < -0.3 is 9.47 Å². The predicted molar refractivity (Wildman–Crippen MR) is 59.7 cm³/mol. The van der Waals surface area contributed by atoms with Crippen LogP contribution in [0.25, 0.3) is 6.08 Å². The zero-order valence-electron chi connectivity index (χ0n) is 9.34. The molecule has 0 N–H and O–H groups in total. The van der Waals surface area contributed by atoms with Crippen molar-refractivity contribution in [3.63, 3.8) is 0 Å². The van der Waals surface area contributed by atoms with E-state index in [-0.39, 0.29) is 6.29 Å². The Morgan fingerprint density at radius 3 is 3.25 bits per heavy atom. The molecule has 0 saturated carbocycles. The summed E-state index contributed by atoms with van der Waals surface area (Å²) in [6, 6.07) is 0. The fourth-order valence-corrected chi connectivity index (χ4v) is 1.64. The van der Waals surface area contributed by atoms with Crippen LogP contribution in [0.1, 0.15) is 25.0 Å². The number of rotatable bonds is 5. The first kappa shape index (κ1) is 11.3. The molecular formula is C11H17N3O2. The van der Waals surface area contributed by atoms with Gasteiger partial charge in [0.2, 0.25) is 0 Å². The molecule has 0 aliphatic carbocycles. The van der Waals surface area contributed by atoms with Crippen molar-refractivity contribution in [3.05, 3.63) is 18.5 Å². The number of hydrogen-bond acceptors (Lipinski definition) is 4. The molecule has 1 aliphatic rings. The summed E-state index contributed by atoms with van der Waals surface area (Å²) in [6.45, 7) is 5.74. The third kappa shape index (κ3) is 3.15. The van der Waals surface area contributed by atoms with Crippen LogP contribution in [-0.4, -0.2) is 34.5 Å². The van der Waals surface area contributed by atoms with E-state index in [4.69, 9.17) is 9.47 Å². The van der Waals surface area contributed by atoms with Gasteiger partial charge in [-0.1, -0.05) is 11.8 Å². The van der Waals surface area contributed by atoms with Gasteiger partial charge in [0.1, 0.15) is 5.69 Å². The molecule has 5 nitrogen and oxygen atoms in total. The van der Waals surface area contributed by atoms with Gasteiger partial charge in [-0.05, 0) is 25.3 Å². The van der Waals surface area contributed by atoms with Gasteiger partial charge in [-0.2, -0.15) is 0 Å². The zero-order chi connectivity index (χ0) is 11.2. The van der Waals surface area contributed by atoms with E-state index in [0.717, 1.165) is 25.1 Å². The summed E-state index contributed by atoms with van der Waals surface area (Å²) in [5.41, 5.74) is 0.786. The summed E-state index contributed by atoms with van der Waals surface area (Å²) in [6.07, 6.45) is 6.82. The van der Waals surface area contributed by atoms with Crippen LogP contribution in [0.5, 0.6) is 0 Å². The van der Waals surface area contributed by atoms with Gasteiger partial charge in [-0.25, -0.2) is 4.68 Å². The van der Waals surface area contributed by atoms with E-state index >= 15 is 0 Å². The van der Waals surface area contributed by atoms with Crippen molar-refractivity contribution in [1.29, 1.82) is 0 Å². The number of ether oxygens (including phenoxy) is 2. The highest BCUT2D eigenvalue weighted by molar-refractivity contribution is 5.38. The zero-order valence-corrected chi connectivity index (χ0v) is 9.34. The molecule has 0 bridgehead atoms. The lowest BCUT2D eigenvalue weighted by Gasteiger charge is -2.22. The third-order valence-corrected chi connectivity index (χ3v) is 2.53. The highest BCUT2D eigenvalue weighted by atomic mass is 16.7. The number of nitrogens with zero attached hydrogens (tertiary/aromatic N) is 3. The fraction of sp³-hybridized carbons (Fsp3) is 0.636. The number of aromatic nitrogens is 3. The molecule has 0 amide bonds. The Labute approximate surface area is 95.0 Å². The topological polar surface area (TPSA) is 49.2 Å². The maximum Gasteiger partial charge on any atom is 0.157 e. The molecule has 1 fully saturated rings. The summed E-state index contributed by atoms with van der Waals surface area (Å²) in [7, 11) is 0. The van der Waals surface area contributed by atoms with Crippen LogP contribution in [0.3, 0.4) is 0 Å². The number of hydrogen-bond donors (Lipinski definition) is 0. The van der Waals surface area contributed by atoms with Gasteiger partial charge in [-0.3, -0.25) is 0 Å². The normalized spacial score (nSPS) is 20.9. The molecule has 5 heteroatoms. The molecule has 88 valence electrons. The molecule has 0 radical (unpaired) electrons. The molecule has 0 aromatic carbocycles. The Balaban J connectivity index is 1.68. The monoisotopic (exact) mass is 223 g/mol. The standard InChI is InChI=1S/C11H17N3O2/c1-2-10-9-14(13-12-10)6-8-16-11-5-3-4-7-15-11/h2,9,11H,1,3-8H2. The summed E-state index contributed by atoms with van der Waals surface area (Å²) < 4.78 is 12.8. The molecular weight excluding hydrogens is 206 g/mol. The van der Waals surface area contributed by atoms with Crippen LogP contribution >= 0.6 is 0 Å². The average Bonchev–Trinajstić information content (AvgIpc) is 2.78. The lowest BCUT2D eigenvalue weighted by molar-refractivity contribution is -0.163. The van der Waals surface area contributed by atoms with Gasteiger partial charge in [0.05, 0.1) is 19.3 Å². The molecule has 2 rings (SSSR count). The van der Waals surface area contributed by atoms with Crippen LogP contribution in [0, 0.1) is 0 Å². The molecule has 1 saturated heterocycles. The fourth-order valence-electron chi connectivity index (χ4n) is 1.64. The highest BCUT2D eigenvalue weighted by Gasteiger charge is 2.13. The van der Waals surface area contributed by atoms with Gasteiger partial charge in [0.15, 0.2) is 6.29 Å². The van der Waals surface area contributed by atoms with E-state index in [1.54, 1.807) is 10.8 Å². The molecule has 2 heterocycles. The lowest BCUT2D eigenvalue weighted by Crippen LogP contribution is -2.24. The molecule has 1 aliphatic heterocycles. The Morgan fingerprint density at radius 1 is 1.62 bits per heavy atom. The molecule has 1 atom stereocenters. The van der Waals surface area contributed by atoms with Crippen molar-refractivity contribution in [2.24, 2.45) is 0 Å². The Morgan fingerprint density at radius 2 is 2.56 bits per heavy atom. The molecule has 0 spiro atoms. The second-order valence-electron chi connectivity index (χ2n) is 3.78. The maximum atomic E-state index is 5.59. The van der Waals surface area contributed by atoms with E-state index in [1.807, 2.05) is 6.20 Å². The van der Waals surface area contributed by atoms with Crippen molar-refractivity contribution in [1.82, 2.24) is 15.0 Å². The van der Waals surface area contributed by atoms with E-state index in [2.05, 4.69) is 16.9 Å². The minimum atomic E-state index is -0.0313. The second kappa shape index (κ2) is 5.77. The van der Waals surface area contributed by atoms with E-state index in [0.29, 0.717) is 13.2 Å². The predicted octanol–water partition coefficient (Wildman–Crippen LogP) is 1.46. The molecule has 16 heavy (non-hydrogen) atoms. The first-order valence-electron chi connectivity index (χ1n) is 5.64. The van der Waals surface area contributed by atoms with Gasteiger partial charge in [0.25, 0.3) is 0 Å². The van der Waals surface area contributed by atoms with Crippen LogP contribution in [-0.2, 0) is 16.0 Å². The van der Waals surface area contributed by atoms with Crippen molar-refractivity contribution in [2.45, 2.75) is 32.1 Å². The molecule has 1 aromatic heterocycles. The Kier molecular flexibility index (Phi) is 4.07. The average molecular weight is 223 g/mol. The van der Waals surface area contributed by atoms with Crippen molar-refractivity contribution in [2.75, 3.05) is 13.2 Å². The van der Waals surface area contributed by atoms with Crippen molar-refractivity contribution < 1.29 is 9.47 Å². The SMILES string of the molecule is C=Cc1cn(CCOC2CCCCO2)nn1. The third-order valence-electron chi connectivity index (χ3n) is 2.53. The minimum absolute atomic E-state index is 0.0313. The van der Waals surface area contributed by atoms with Crippen LogP contribution in [0.15, 0.2) is 12.8 Å². The summed E-state index contributed by atoms with van der Waals surface area (Å²) in [5, 5.41) is 7.85. The van der Waals surface area contributed by atoms with Crippen molar-refractivity contribution >= 4 is 6.08 Å². The minimum Gasteiger partial charge on any atom is -0.353 e. The highest BCUT2D eigenvalue weighted by Crippen LogP contribution is 2.13. The first-order chi connectivity index (χ1) is 7.88. The smallest absolute Gasteiger partial charge is 0.157 e. The summed E-state index contributed by atoms with van der Waals surface area (Å²) in [5.74, 6) is 0. The Hall–Kier alpha value is -1.20. The van der Waals surface area contributed by atoms with E-state index in [1.165, 1.54) is 6.42 Å². The van der Waals surface area contributed by atoms with E-state index in [9.17, 15) is 0 Å². The first-order valence-corrected chi connectivity index (χ1v) is 5.64. The quantitative estimate of drug-likeness (QED) is 0.758. The summed E-state index contributed by atoms with van der Waals surface area (Å²) in [4.78, 5) is 0. The van der Waals surface area contributed by atoms with E-state index < -0.39 is 0 Å². The molecule has 1 aromatic rings. The van der Waals surface area contributed by atoms with Crippen LogP contribution in [0.2, 0.25) is 0 Å². The van der Waals surface area contributed by atoms with Crippen LogP contribution < -0.4 is 0 Å². The largest absolute Gasteiger partial charge is 0.353 e. The lowest BCUT2D eigenvalue weighted by atomic mass is 10.2. The van der Waals surface area contributed by atoms with Gasteiger partial charge in [0, 0.05) is 6.61 Å². The van der Waals surface area contributed by atoms with Crippen molar-refractivity contribution in [3.8, 4) is 0 Å². The van der Waals surface area contributed by atoms with Crippen LogP contribution in [0.4, 0.5) is 0 Å².